The van der Waals surface area contributed by atoms with Gasteiger partial charge in [0.2, 0.25) is 0 Å². The first-order valence-corrected chi connectivity index (χ1v) is 13.0. The molecule has 3 nitrogen and oxygen atoms in total. The zero-order valence-corrected chi connectivity index (χ0v) is 20.3. The summed E-state index contributed by atoms with van der Waals surface area (Å²) in [6, 6.07) is 31.6. The van der Waals surface area contributed by atoms with Gasteiger partial charge < -0.3 is 4.55 Å². The summed E-state index contributed by atoms with van der Waals surface area (Å²) in [7, 11) is -5.43. The average Bonchev–Trinajstić information content (AvgIpc) is 2.85. The molecule has 37 heavy (non-hydrogen) atoms. The van der Waals surface area contributed by atoms with E-state index in [1.807, 2.05) is 0 Å². The number of benzene rings is 4. The lowest BCUT2D eigenvalue weighted by Gasteiger charge is -2.15. The van der Waals surface area contributed by atoms with Crippen LogP contribution in [0.3, 0.4) is 0 Å². The number of alkyl halides is 6. The molecule has 11 heteroatoms. The van der Waals surface area contributed by atoms with Crippen molar-refractivity contribution in [1.29, 1.82) is 0 Å². The van der Waals surface area contributed by atoms with Gasteiger partial charge in [0.1, 0.15) is 10.1 Å². The minimum atomic E-state index is -5.42. The lowest BCUT2D eigenvalue weighted by molar-refractivity contribution is -0.143. The molecule has 0 saturated carbocycles. The third-order valence-corrected chi connectivity index (χ3v) is 7.83. The van der Waals surface area contributed by atoms with E-state index in [2.05, 4.69) is 91.0 Å². The molecule has 0 heterocycles. The van der Waals surface area contributed by atoms with Crippen molar-refractivity contribution in [2.45, 2.75) is 31.9 Å². The summed E-state index contributed by atoms with van der Waals surface area (Å²) < 4.78 is 105. The predicted octanol–water partition coefficient (Wildman–Crippen LogP) is 7.41. The minimum absolute atomic E-state index is 0.0146. The molecule has 0 amide bonds. The first kappa shape index (κ1) is 28.3. The minimum Gasteiger partial charge on any atom is -0.744 e. The van der Waals surface area contributed by atoms with Crippen LogP contribution in [0.4, 0.5) is 26.3 Å². The second kappa shape index (κ2) is 11.4. The average molecular weight is 557 g/mol. The Bertz CT molecular complexity index is 1280. The predicted molar refractivity (Wildman–Crippen MR) is 126 cm³/mol. The SMILES string of the molecule is O=S(=O)([O-])c1cc(C(F)(F)F)cc(C(F)(F)F)c1.c1ccc([S+](c2ccccc2)c2ccccc2)cc1. The monoisotopic (exact) mass is 556 g/mol. The fourth-order valence-electron chi connectivity index (χ4n) is 3.15. The van der Waals surface area contributed by atoms with Gasteiger partial charge in [0, 0.05) is 0 Å². The Morgan fingerprint density at radius 2 is 0.838 bits per heavy atom. The van der Waals surface area contributed by atoms with Crippen LogP contribution in [0.1, 0.15) is 11.1 Å². The molecular weight excluding hydrogens is 538 g/mol. The van der Waals surface area contributed by atoms with Crippen LogP contribution in [0.15, 0.2) is 129 Å². The van der Waals surface area contributed by atoms with E-state index in [9.17, 15) is 39.3 Å². The van der Waals surface area contributed by atoms with Crippen LogP contribution in [0.25, 0.3) is 0 Å². The summed E-state index contributed by atoms with van der Waals surface area (Å²) in [4.78, 5) is 2.50. The van der Waals surface area contributed by atoms with Crippen molar-refractivity contribution in [3.63, 3.8) is 0 Å². The summed E-state index contributed by atoms with van der Waals surface area (Å²) in [5, 5.41) is 0. The summed E-state index contributed by atoms with van der Waals surface area (Å²) in [6.07, 6.45) is -10.4. The highest BCUT2D eigenvalue weighted by Gasteiger charge is 2.37. The second-order valence-electron chi connectivity index (χ2n) is 7.44. The number of halogens is 6. The number of hydrogen-bond donors (Lipinski definition) is 0. The molecule has 4 aromatic rings. The highest BCUT2D eigenvalue weighted by molar-refractivity contribution is 7.97. The molecule has 0 aliphatic carbocycles. The Balaban J connectivity index is 0.000000206. The Labute approximate surface area is 212 Å². The van der Waals surface area contributed by atoms with Gasteiger partial charge >= 0.3 is 12.4 Å². The summed E-state index contributed by atoms with van der Waals surface area (Å²) in [5.41, 5.74) is -3.71. The smallest absolute Gasteiger partial charge is 0.416 e. The van der Waals surface area contributed by atoms with Gasteiger partial charge in [0.15, 0.2) is 14.7 Å². The first-order valence-electron chi connectivity index (χ1n) is 10.4. The molecule has 0 radical (unpaired) electrons. The number of hydrogen-bond acceptors (Lipinski definition) is 3. The molecule has 0 N–H and O–H groups in total. The van der Waals surface area contributed by atoms with E-state index in [0.29, 0.717) is 0 Å². The molecule has 0 atom stereocenters. The van der Waals surface area contributed by atoms with Gasteiger partial charge in [-0.15, -0.1) is 0 Å². The van der Waals surface area contributed by atoms with Crippen LogP contribution in [0, 0.1) is 0 Å². The van der Waals surface area contributed by atoms with Gasteiger partial charge in [0.05, 0.1) is 26.9 Å². The largest absolute Gasteiger partial charge is 0.744 e. The molecule has 0 aromatic heterocycles. The highest BCUT2D eigenvalue weighted by atomic mass is 32.2. The highest BCUT2D eigenvalue weighted by Crippen LogP contribution is 2.37. The van der Waals surface area contributed by atoms with Crippen LogP contribution in [0.2, 0.25) is 0 Å². The van der Waals surface area contributed by atoms with E-state index >= 15 is 0 Å². The molecule has 194 valence electrons. The van der Waals surface area contributed by atoms with Gasteiger partial charge in [-0.2, -0.15) is 26.3 Å². The molecule has 0 spiro atoms. The lowest BCUT2D eigenvalue weighted by Crippen LogP contribution is -2.13. The van der Waals surface area contributed by atoms with Gasteiger partial charge in [-0.25, -0.2) is 8.42 Å². The normalized spacial score (nSPS) is 12.1. The van der Waals surface area contributed by atoms with Crippen LogP contribution in [0.5, 0.6) is 0 Å². The summed E-state index contributed by atoms with van der Waals surface area (Å²) >= 11 is 0. The Kier molecular flexibility index (Phi) is 8.72. The third kappa shape index (κ3) is 7.85. The quantitative estimate of drug-likeness (QED) is 0.149. The van der Waals surface area contributed by atoms with Crippen molar-refractivity contribution >= 4 is 21.0 Å². The molecular formula is C26H18F6O3S2. The zero-order valence-electron chi connectivity index (χ0n) is 18.7. The van der Waals surface area contributed by atoms with E-state index in [-0.39, 0.29) is 29.1 Å². The van der Waals surface area contributed by atoms with Crippen LogP contribution < -0.4 is 0 Å². The fraction of sp³-hybridized carbons (Fsp3) is 0.0769. The van der Waals surface area contributed by atoms with E-state index in [1.54, 1.807) is 0 Å². The molecule has 4 rings (SSSR count). The van der Waals surface area contributed by atoms with Crippen molar-refractivity contribution in [1.82, 2.24) is 0 Å². The topological polar surface area (TPSA) is 57.2 Å². The first-order chi connectivity index (χ1) is 17.3. The van der Waals surface area contributed by atoms with Gasteiger partial charge in [-0.1, -0.05) is 54.6 Å². The van der Waals surface area contributed by atoms with Crippen LogP contribution in [-0.2, 0) is 33.4 Å². The van der Waals surface area contributed by atoms with Crippen molar-refractivity contribution in [2.24, 2.45) is 0 Å². The molecule has 0 saturated heterocycles. The second-order valence-corrected chi connectivity index (χ2v) is 10.8. The summed E-state index contributed by atoms with van der Waals surface area (Å²) in [6.45, 7) is 0. The molecule has 0 unspecified atom stereocenters. The van der Waals surface area contributed by atoms with Gasteiger partial charge in [-0.3, -0.25) is 0 Å². The van der Waals surface area contributed by atoms with E-state index in [0.717, 1.165) is 0 Å². The van der Waals surface area contributed by atoms with E-state index in [4.69, 9.17) is 0 Å². The Morgan fingerprint density at radius 1 is 0.541 bits per heavy atom. The van der Waals surface area contributed by atoms with E-state index < -0.39 is 38.5 Å². The molecule has 0 bridgehead atoms. The molecule has 0 fully saturated rings. The molecule has 0 aliphatic rings. The molecule has 0 aliphatic heterocycles. The maximum absolute atomic E-state index is 12.3. The van der Waals surface area contributed by atoms with Crippen LogP contribution >= 0.6 is 0 Å². The fourth-order valence-corrected chi connectivity index (χ4v) is 5.80. The third-order valence-electron chi connectivity index (χ3n) is 4.79. The maximum atomic E-state index is 12.3. The van der Waals surface area contributed by atoms with E-state index in [1.165, 1.54) is 14.7 Å². The van der Waals surface area contributed by atoms with Gasteiger partial charge in [-0.05, 0) is 54.6 Å². The maximum Gasteiger partial charge on any atom is 0.416 e. The van der Waals surface area contributed by atoms with Crippen molar-refractivity contribution in [2.75, 3.05) is 0 Å². The number of rotatable bonds is 4. The lowest BCUT2D eigenvalue weighted by atomic mass is 10.1. The van der Waals surface area contributed by atoms with Crippen LogP contribution in [-0.4, -0.2) is 13.0 Å². The molecule has 4 aromatic carbocycles. The van der Waals surface area contributed by atoms with Gasteiger partial charge in [0.25, 0.3) is 0 Å². The Morgan fingerprint density at radius 3 is 1.08 bits per heavy atom. The van der Waals surface area contributed by atoms with Crippen molar-refractivity contribution in [3.8, 4) is 0 Å². The standard InChI is InChI=1S/C18H15S.C8H4F6O3S/c1-4-10-16(11-5-1)19(17-12-6-2-7-13-17)18-14-8-3-9-15-18;9-7(10,11)4-1-5(8(12,13)14)3-6(2-4)18(15,16)17/h1-15H;1-3H,(H,15,16,17)/q+1;/p-1. The zero-order chi connectivity index (χ0) is 27.3. The summed E-state index contributed by atoms with van der Waals surface area (Å²) in [5.74, 6) is 0. The van der Waals surface area contributed by atoms with Crippen molar-refractivity contribution < 1.29 is 39.3 Å². The Hall–Kier alpha value is -3.28. The van der Waals surface area contributed by atoms with Crippen molar-refractivity contribution in [3.05, 3.63) is 120 Å².